The minimum atomic E-state index is -0.123. The van der Waals surface area contributed by atoms with Crippen molar-refractivity contribution in [3.05, 3.63) is 24.3 Å². The summed E-state index contributed by atoms with van der Waals surface area (Å²) in [7, 11) is 0. The van der Waals surface area contributed by atoms with Crippen LogP contribution in [0, 0.1) is 5.92 Å². The van der Waals surface area contributed by atoms with Crippen LogP contribution >= 0.6 is 0 Å². The Balaban J connectivity index is 2.49. The molecule has 0 aliphatic rings. The Morgan fingerprint density at radius 3 is 3.00 bits per heavy atom. The highest BCUT2D eigenvalue weighted by atomic mass is 16.5. The molecule has 0 fully saturated rings. The number of hydrogen-bond acceptors (Lipinski definition) is 3. The molecule has 0 spiro atoms. The summed E-state index contributed by atoms with van der Waals surface area (Å²) < 4.78 is 5.25. The van der Waals surface area contributed by atoms with E-state index in [0.29, 0.717) is 12.4 Å². The molecule has 1 rings (SSSR count). The first-order valence-electron chi connectivity index (χ1n) is 4.09. The van der Waals surface area contributed by atoms with Gasteiger partial charge in [-0.05, 0) is 12.1 Å². The summed E-state index contributed by atoms with van der Waals surface area (Å²) in [5.41, 5.74) is 0. The normalized spacial score (nSPS) is 12.1. The number of carbonyl (C=O) groups is 1. The summed E-state index contributed by atoms with van der Waals surface area (Å²) in [5.74, 6) is 0.618. The van der Waals surface area contributed by atoms with Crippen molar-refractivity contribution in [1.29, 1.82) is 0 Å². The van der Waals surface area contributed by atoms with Gasteiger partial charge in [0.2, 0.25) is 0 Å². The van der Waals surface area contributed by atoms with Crippen molar-refractivity contribution in [3.63, 3.8) is 0 Å². The van der Waals surface area contributed by atoms with Gasteiger partial charge in [0.05, 0.1) is 6.61 Å². The van der Waals surface area contributed by atoms with E-state index in [9.17, 15) is 4.79 Å². The summed E-state index contributed by atoms with van der Waals surface area (Å²) in [6, 6.07) is 6.50. The Bertz CT molecular complexity index is 283. The van der Waals surface area contributed by atoms with Crippen molar-refractivity contribution in [2.75, 3.05) is 6.61 Å². The molecule has 0 radical (unpaired) electrons. The molecule has 13 heavy (non-hydrogen) atoms. The Labute approximate surface area is 77.0 Å². The highest BCUT2D eigenvalue weighted by Gasteiger charge is 2.00. The maximum atomic E-state index is 10.3. The third-order valence-electron chi connectivity index (χ3n) is 1.56. The lowest BCUT2D eigenvalue weighted by Gasteiger charge is -2.07. The predicted octanol–water partition coefficient (Wildman–Crippen LogP) is 1.61. The standard InChI is InChI=1S/C10H12O3/c1-8(6-11)7-13-10-4-2-3-9(12)5-10/h2-6,8,12H,7H2,1H3. The fraction of sp³-hybridized carbons (Fsp3) is 0.300. The number of phenolic OH excluding ortho intramolecular Hbond substituents is 1. The molecule has 1 unspecified atom stereocenters. The minimum Gasteiger partial charge on any atom is -0.508 e. The largest absolute Gasteiger partial charge is 0.508 e. The molecule has 1 N–H and O–H groups in total. The molecular weight excluding hydrogens is 168 g/mol. The van der Waals surface area contributed by atoms with Crippen LogP contribution in [0.2, 0.25) is 0 Å². The third-order valence-corrected chi connectivity index (χ3v) is 1.56. The summed E-state index contributed by atoms with van der Waals surface area (Å²) in [5, 5.41) is 9.09. The van der Waals surface area contributed by atoms with E-state index in [-0.39, 0.29) is 11.7 Å². The maximum absolute atomic E-state index is 10.3. The number of carbonyl (C=O) groups excluding carboxylic acids is 1. The zero-order chi connectivity index (χ0) is 9.68. The molecule has 0 aromatic heterocycles. The molecule has 70 valence electrons. The quantitative estimate of drug-likeness (QED) is 0.716. The fourth-order valence-corrected chi connectivity index (χ4v) is 0.840. The first kappa shape index (κ1) is 9.58. The van der Waals surface area contributed by atoms with Crippen LogP contribution in [0.1, 0.15) is 6.92 Å². The van der Waals surface area contributed by atoms with Crippen LogP contribution in [0.4, 0.5) is 0 Å². The van der Waals surface area contributed by atoms with E-state index in [1.807, 2.05) is 0 Å². The fourth-order valence-electron chi connectivity index (χ4n) is 0.840. The van der Waals surface area contributed by atoms with Gasteiger partial charge >= 0.3 is 0 Å². The number of phenols is 1. The summed E-state index contributed by atoms with van der Waals surface area (Å²) >= 11 is 0. The molecule has 3 nitrogen and oxygen atoms in total. The molecule has 1 aromatic rings. The Kier molecular flexibility index (Phi) is 3.31. The van der Waals surface area contributed by atoms with Crippen molar-refractivity contribution in [2.45, 2.75) is 6.92 Å². The van der Waals surface area contributed by atoms with Gasteiger partial charge in [-0.3, -0.25) is 0 Å². The van der Waals surface area contributed by atoms with Gasteiger partial charge in [0.1, 0.15) is 17.8 Å². The third kappa shape index (κ3) is 3.15. The zero-order valence-electron chi connectivity index (χ0n) is 7.43. The molecule has 0 saturated carbocycles. The number of benzene rings is 1. The van der Waals surface area contributed by atoms with Gasteiger partial charge in [-0.1, -0.05) is 13.0 Å². The topological polar surface area (TPSA) is 46.5 Å². The average molecular weight is 180 g/mol. The van der Waals surface area contributed by atoms with Gasteiger partial charge in [-0.2, -0.15) is 0 Å². The lowest BCUT2D eigenvalue weighted by Crippen LogP contribution is -2.09. The molecule has 0 saturated heterocycles. The minimum absolute atomic E-state index is 0.123. The van der Waals surface area contributed by atoms with Crippen LogP contribution < -0.4 is 4.74 Å². The van der Waals surface area contributed by atoms with Crippen LogP contribution in [0.5, 0.6) is 11.5 Å². The van der Waals surface area contributed by atoms with E-state index < -0.39 is 0 Å². The molecular formula is C10H12O3. The van der Waals surface area contributed by atoms with Gasteiger partial charge in [0, 0.05) is 12.0 Å². The number of aldehydes is 1. The van der Waals surface area contributed by atoms with E-state index in [4.69, 9.17) is 9.84 Å². The summed E-state index contributed by atoms with van der Waals surface area (Å²) in [6.07, 6.45) is 0.836. The summed E-state index contributed by atoms with van der Waals surface area (Å²) in [6.45, 7) is 2.11. The second-order valence-corrected chi connectivity index (χ2v) is 2.92. The van der Waals surface area contributed by atoms with Crippen LogP contribution in [-0.4, -0.2) is 18.0 Å². The van der Waals surface area contributed by atoms with Crippen molar-refractivity contribution >= 4 is 6.29 Å². The maximum Gasteiger partial charge on any atom is 0.126 e. The lowest BCUT2D eigenvalue weighted by atomic mass is 10.2. The Hall–Kier alpha value is -1.51. The molecule has 0 aliphatic heterocycles. The van der Waals surface area contributed by atoms with Crippen molar-refractivity contribution in [1.82, 2.24) is 0 Å². The predicted molar refractivity (Wildman–Crippen MR) is 48.8 cm³/mol. The van der Waals surface area contributed by atoms with E-state index in [0.717, 1.165) is 6.29 Å². The number of hydrogen-bond donors (Lipinski definition) is 1. The number of ether oxygens (including phenoxy) is 1. The highest BCUT2D eigenvalue weighted by molar-refractivity contribution is 5.52. The van der Waals surface area contributed by atoms with Crippen molar-refractivity contribution in [2.24, 2.45) is 5.92 Å². The zero-order valence-corrected chi connectivity index (χ0v) is 7.43. The van der Waals surface area contributed by atoms with E-state index >= 15 is 0 Å². The molecule has 0 bridgehead atoms. The lowest BCUT2D eigenvalue weighted by molar-refractivity contribution is -0.111. The van der Waals surface area contributed by atoms with Crippen LogP contribution in [0.3, 0.4) is 0 Å². The monoisotopic (exact) mass is 180 g/mol. The molecule has 1 atom stereocenters. The van der Waals surface area contributed by atoms with E-state index in [1.165, 1.54) is 6.07 Å². The van der Waals surface area contributed by atoms with Gasteiger partial charge in [0.25, 0.3) is 0 Å². The highest BCUT2D eigenvalue weighted by Crippen LogP contribution is 2.17. The second kappa shape index (κ2) is 4.50. The van der Waals surface area contributed by atoms with Crippen LogP contribution in [0.25, 0.3) is 0 Å². The Morgan fingerprint density at radius 1 is 1.62 bits per heavy atom. The Morgan fingerprint density at radius 2 is 2.38 bits per heavy atom. The first-order valence-corrected chi connectivity index (χ1v) is 4.09. The van der Waals surface area contributed by atoms with Gasteiger partial charge in [-0.25, -0.2) is 0 Å². The van der Waals surface area contributed by atoms with Crippen molar-refractivity contribution < 1.29 is 14.6 Å². The molecule has 3 heteroatoms. The smallest absolute Gasteiger partial charge is 0.126 e. The average Bonchev–Trinajstić information content (AvgIpc) is 2.14. The SMILES string of the molecule is CC(C=O)COc1cccc(O)c1. The molecule has 0 aliphatic carbocycles. The number of rotatable bonds is 4. The van der Waals surface area contributed by atoms with E-state index in [2.05, 4.69) is 0 Å². The van der Waals surface area contributed by atoms with Crippen LogP contribution in [0.15, 0.2) is 24.3 Å². The van der Waals surface area contributed by atoms with Crippen molar-refractivity contribution in [3.8, 4) is 11.5 Å². The van der Waals surface area contributed by atoms with Gasteiger partial charge < -0.3 is 14.6 Å². The number of aromatic hydroxyl groups is 1. The second-order valence-electron chi connectivity index (χ2n) is 2.92. The first-order chi connectivity index (χ1) is 6.22. The van der Waals surface area contributed by atoms with Gasteiger partial charge in [-0.15, -0.1) is 0 Å². The molecule has 1 aromatic carbocycles. The van der Waals surface area contributed by atoms with E-state index in [1.54, 1.807) is 25.1 Å². The molecule has 0 amide bonds. The van der Waals surface area contributed by atoms with Crippen LogP contribution in [-0.2, 0) is 4.79 Å². The van der Waals surface area contributed by atoms with Gasteiger partial charge in [0.15, 0.2) is 0 Å². The molecule has 0 heterocycles. The summed E-state index contributed by atoms with van der Waals surface area (Å²) in [4.78, 5) is 10.3.